The molecular formula is C23H26F3N7. The van der Waals surface area contributed by atoms with E-state index in [1.807, 2.05) is 27.2 Å². The number of fused-ring (bicyclic) bond motifs is 5. The van der Waals surface area contributed by atoms with Gasteiger partial charge >= 0.3 is 6.18 Å². The summed E-state index contributed by atoms with van der Waals surface area (Å²) in [5.74, 6) is 0. The van der Waals surface area contributed by atoms with Crippen LogP contribution in [-0.2, 0) is 19.0 Å². The maximum atomic E-state index is 13.7. The van der Waals surface area contributed by atoms with Crippen molar-refractivity contribution in [3.8, 4) is 11.3 Å². The van der Waals surface area contributed by atoms with Crippen LogP contribution in [0.2, 0.25) is 0 Å². The molecule has 3 aromatic heterocycles. The Bertz CT molecular complexity index is 1320. The van der Waals surface area contributed by atoms with Crippen LogP contribution in [0.4, 0.5) is 18.9 Å². The normalized spacial score (nSPS) is 14.4. The Morgan fingerprint density at radius 1 is 1.06 bits per heavy atom. The Kier molecular flexibility index (Phi) is 5.27. The molecule has 0 bridgehead atoms. The van der Waals surface area contributed by atoms with E-state index in [1.165, 1.54) is 6.20 Å². The molecule has 0 radical (unpaired) electrons. The van der Waals surface area contributed by atoms with Crippen LogP contribution in [0.1, 0.15) is 29.7 Å². The number of anilines is 1. The average Bonchev–Trinajstić information content (AvgIpc) is 3.45. The van der Waals surface area contributed by atoms with Gasteiger partial charge in [-0.15, -0.1) is 0 Å². The summed E-state index contributed by atoms with van der Waals surface area (Å²) in [5, 5.41) is 15.2. The second-order valence-corrected chi connectivity index (χ2v) is 8.95. The fourth-order valence-electron chi connectivity index (χ4n) is 4.78. The highest BCUT2D eigenvalue weighted by Gasteiger charge is 2.38. The van der Waals surface area contributed by atoms with E-state index >= 15 is 0 Å². The van der Waals surface area contributed by atoms with Crippen molar-refractivity contribution in [3.63, 3.8) is 0 Å². The minimum atomic E-state index is -4.56. The van der Waals surface area contributed by atoms with Gasteiger partial charge in [0.05, 0.1) is 34.2 Å². The van der Waals surface area contributed by atoms with E-state index in [2.05, 4.69) is 30.2 Å². The van der Waals surface area contributed by atoms with Crippen molar-refractivity contribution < 1.29 is 13.2 Å². The second-order valence-electron chi connectivity index (χ2n) is 8.95. The number of halogens is 3. The van der Waals surface area contributed by atoms with Crippen molar-refractivity contribution in [3.05, 3.63) is 35.3 Å². The first kappa shape index (κ1) is 21.7. The van der Waals surface area contributed by atoms with E-state index in [0.29, 0.717) is 17.6 Å². The first-order valence-corrected chi connectivity index (χ1v) is 11.0. The van der Waals surface area contributed by atoms with Crippen LogP contribution in [0, 0.1) is 0 Å². The fourth-order valence-corrected chi connectivity index (χ4v) is 4.78. The number of rotatable bonds is 5. The third kappa shape index (κ3) is 3.72. The summed E-state index contributed by atoms with van der Waals surface area (Å²) in [6.07, 6.45) is 1.94. The molecule has 2 N–H and O–H groups in total. The van der Waals surface area contributed by atoms with Crippen LogP contribution in [-0.4, -0.2) is 64.5 Å². The van der Waals surface area contributed by atoms with Crippen LogP contribution in [0.15, 0.2) is 18.5 Å². The predicted molar refractivity (Wildman–Crippen MR) is 122 cm³/mol. The van der Waals surface area contributed by atoms with E-state index in [0.717, 1.165) is 65.5 Å². The molecule has 0 aliphatic heterocycles. The molecule has 33 heavy (non-hydrogen) atoms. The van der Waals surface area contributed by atoms with Gasteiger partial charge in [-0.05, 0) is 57.0 Å². The van der Waals surface area contributed by atoms with E-state index in [4.69, 9.17) is 4.98 Å². The number of likely N-dealkylation sites (N-methyl/N-ethyl adjacent to an activating group) is 2. The first-order chi connectivity index (χ1) is 15.8. The number of alkyl halides is 3. The standard InChI is InChI=1S/C23H26F3N7/c1-32(2)8-9-33(3)18-10-17-15(11-27-30-17)19-13-6-4-5-7-14(13)20(29-21(18)19)16-12-28-31-22(16)23(24,25)26/h10-12H,4-9H2,1-3H3,(H,27,30)(H,28,31). The topological polar surface area (TPSA) is 76.7 Å². The van der Waals surface area contributed by atoms with Gasteiger partial charge in [-0.2, -0.15) is 23.4 Å². The quantitative estimate of drug-likeness (QED) is 0.465. The van der Waals surface area contributed by atoms with Crippen molar-refractivity contribution >= 4 is 27.5 Å². The van der Waals surface area contributed by atoms with Crippen LogP contribution in [0.3, 0.4) is 0 Å². The summed E-state index contributed by atoms with van der Waals surface area (Å²) in [4.78, 5) is 9.12. The Hall–Kier alpha value is -3.14. The summed E-state index contributed by atoms with van der Waals surface area (Å²) < 4.78 is 41.2. The number of benzene rings is 1. The molecule has 0 unspecified atom stereocenters. The van der Waals surface area contributed by atoms with E-state index < -0.39 is 11.9 Å². The number of pyridine rings is 1. The van der Waals surface area contributed by atoms with Crippen molar-refractivity contribution in [2.75, 3.05) is 39.1 Å². The molecule has 7 nitrogen and oxygen atoms in total. The van der Waals surface area contributed by atoms with Gasteiger partial charge in [0, 0.05) is 37.1 Å². The van der Waals surface area contributed by atoms with Gasteiger partial charge in [0.25, 0.3) is 0 Å². The SMILES string of the molecule is CN(C)CCN(C)c1cc2[nH]ncc2c2c3c(c(-c4c[nH]nc4C(F)(F)F)nc12)CCCC3. The zero-order valence-corrected chi connectivity index (χ0v) is 18.8. The average molecular weight is 458 g/mol. The molecule has 0 atom stereocenters. The lowest BCUT2D eigenvalue weighted by molar-refractivity contribution is -0.140. The Balaban J connectivity index is 1.83. The summed E-state index contributed by atoms with van der Waals surface area (Å²) in [6.45, 7) is 1.58. The molecule has 0 saturated carbocycles. The smallest absolute Gasteiger partial charge is 0.371 e. The molecule has 0 saturated heterocycles. The molecule has 0 fully saturated rings. The summed E-state index contributed by atoms with van der Waals surface area (Å²) in [6, 6.07) is 1.99. The highest BCUT2D eigenvalue weighted by molar-refractivity contribution is 6.13. The summed E-state index contributed by atoms with van der Waals surface area (Å²) in [7, 11) is 6.00. The third-order valence-corrected chi connectivity index (χ3v) is 6.44. The molecule has 10 heteroatoms. The summed E-state index contributed by atoms with van der Waals surface area (Å²) >= 11 is 0. The highest BCUT2D eigenvalue weighted by atomic mass is 19.4. The summed E-state index contributed by atoms with van der Waals surface area (Å²) in [5.41, 5.74) is 3.90. The lowest BCUT2D eigenvalue weighted by Crippen LogP contribution is -2.28. The number of H-pyrrole nitrogens is 2. The molecule has 0 spiro atoms. The maximum absolute atomic E-state index is 13.7. The number of hydrogen-bond donors (Lipinski definition) is 2. The highest BCUT2D eigenvalue weighted by Crippen LogP contribution is 2.43. The number of aromatic amines is 2. The van der Waals surface area contributed by atoms with Gasteiger partial charge in [0.1, 0.15) is 0 Å². The minimum absolute atomic E-state index is 0.0109. The first-order valence-electron chi connectivity index (χ1n) is 11.0. The Morgan fingerprint density at radius 3 is 2.55 bits per heavy atom. The Labute approximate surface area is 189 Å². The number of nitrogens with zero attached hydrogens (tertiary/aromatic N) is 5. The van der Waals surface area contributed by atoms with Crippen molar-refractivity contribution in [1.82, 2.24) is 30.3 Å². The fraction of sp³-hybridized carbons (Fsp3) is 0.435. The lowest BCUT2D eigenvalue weighted by Gasteiger charge is -2.26. The van der Waals surface area contributed by atoms with Crippen molar-refractivity contribution in [2.45, 2.75) is 31.9 Å². The minimum Gasteiger partial charge on any atom is -0.371 e. The molecule has 1 aliphatic carbocycles. The van der Waals surface area contributed by atoms with Gasteiger partial charge < -0.3 is 9.80 Å². The van der Waals surface area contributed by atoms with Crippen molar-refractivity contribution in [1.29, 1.82) is 0 Å². The van der Waals surface area contributed by atoms with Gasteiger partial charge in [-0.1, -0.05) is 0 Å². The Morgan fingerprint density at radius 2 is 1.82 bits per heavy atom. The monoisotopic (exact) mass is 457 g/mol. The number of aryl methyl sites for hydroxylation is 1. The van der Waals surface area contributed by atoms with Crippen LogP contribution in [0.5, 0.6) is 0 Å². The van der Waals surface area contributed by atoms with Gasteiger partial charge in [0.15, 0.2) is 5.69 Å². The predicted octanol–water partition coefficient (Wildman–Crippen LogP) is 4.40. The van der Waals surface area contributed by atoms with Crippen LogP contribution in [0.25, 0.3) is 33.1 Å². The molecular weight excluding hydrogens is 431 g/mol. The number of aromatic nitrogens is 5. The molecule has 174 valence electrons. The molecule has 5 rings (SSSR count). The molecule has 4 aromatic rings. The lowest BCUT2D eigenvalue weighted by atomic mass is 9.85. The molecule has 1 aliphatic rings. The van der Waals surface area contributed by atoms with Gasteiger partial charge in [-0.3, -0.25) is 10.2 Å². The number of hydrogen-bond acceptors (Lipinski definition) is 5. The van der Waals surface area contributed by atoms with Crippen LogP contribution >= 0.6 is 0 Å². The van der Waals surface area contributed by atoms with E-state index in [1.54, 1.807) is 6.20 Å². The van der Waals surface area contributed by atoms with E-state index in [-0.39, 0.29) is 5.56 Å². The van der Waals surface area contributed by atoms with Gasteiger partial charge in [0.2, 0.25) is 0 Å². The zero-order valence-electron chi connectivity index (χ0n) is 18.8. The van der Waals surface area contributed by atoms with Gasteiger partial charge in [-0.25, -0.2) is 4.98 Å². The maximum Gasteiger partial charge on any atom is 0.435 e. The van der Waals surface area contributed by atoms with Crippen LogP contribution < -0.4 is 4.90 Å². The largest absolute Gasteiger partial charge is 0.435 e. The molecule has 1 aromatic carbocycles. The molecule has 3 heterocycles. The van der Waals surface area contributed by atoms with Crippen molar-refractivity contribution in [2.24, 2.45) is 0 Å². The number of nitrogens with one attached hydrogen (secondary N) is 2. The molecule has 0 amide bonds. The zero-order chi connectivity index (χ0) is 23.3. The second kappa shape index (κ2) is 8.02. The van der Waals surface area contributed by atoms with E-state index in [9.17, 15) is 13.2 Å². The third-order valence-electron chi connectivity index (χ3n) is 6.44.